The highest BCUT2D eigenvalue weighted by Crippen LogP contribution is 2.20. The highest BCUT2D eigenvalue weighted by molar-refractivity contribution is 9.10. The number of piperidine rings is 1. The van der Waals surface area contributed by atoms with Crippen LogP contribution < -0.4 is 10.6 Å². The second kappa shape index (κ2) is 10.3. The predicted octanol–water partition coefficient (Wildman–Crippen LogP) is 3.97. The van der Waals surface area contributed by atoms with Crippen molar-refractivity contribution >= 4 is 39.3 Å². The number of carbonyl (C=O) groups excluding carboxylic acids is 3. The molecule has 0 bridgehead atoms. The van der Waals surface area contributed by atoms with E-state index in [4.69, 9.17) is 0 Å². The van der Waals surface area contributed by atoms with Crippen LogP contribution in [-0.2, 0) is 4.79 Å². The number of nitrogens with one attached hydrogen (secondary N) is 2. The Balaban J connectivity index is 1.56. The number of hydrogen-bond donors (Lipinski definition) is 2. The molecule has 0 aromatic heterocycles. The molecule has 0 unspecified atom stereocenters. The Bertz CT molecular complexity index is 945. The average molecular weight is 476 g/mol. The summed E-state index contributed by atoms with van der Waals surface area (Å²) >= 11 is 3.21. The second-order valence-electron chi connectivity index (χ2n) is 7.08. The van der Waals surface area contributed by atoms with Gasteiger partial charge in [0.25, 0.3) is 11.8 Å². The maximum Gasteiger partial charge on any atom is 0.255 e. The molecule has 2 aromatic rings. The van der Waals surface area contributed by atoms with E-state index >= 15 is 0 Å². The van der Waals surface area contributed by atoms with Gasteiger partial charge in [-0.15, -0.1) is 0 Å². The third kappa shape index (κ3) is 5.66. The van der Waals surface area contributed by atoms with E-state index in [0.29, 0.717) is 15.7 Å². The molecule has 6 nitrogen and oxygen atoms in total. The van der Waals surface area contributed by atoms with Crippen LogP contribution in [0.4, 0.5) is 10.1 Å². The van der Waals surface area contributed by atoms with Crippen molar-refractivity contribution in [2.24, 2.45) is 0 Å². The Morgan fingerprint density at radius 3 is 2.50 bits per heavy atom. The maximum absolute atomic E-state index is 13.3. The van der Waals surface area contributed by atoms with Gasteiger partial charge in [-0.05, 0) is 65.5 Å². The first-order chi connectivity index (χ1) is 14.5. The highest BCUT2D eigenvalue weighted by Gasteiger charge is 2.21. The summed E-state index contributed by atoms with van der Waals surface area (Å²) in [5, 5.41) is 5.36. The lowest BCUT2D eigenvalue weighted by molar-refractivity contribution is -0.116. The van der Waals surface area contributed by atoms with E-state index in [0.717, 1.165) is 38.4 Å². The van der Waals surface area contributed by atoms with Crippen LogP contribution in [0.5, 0.6) is 0 Å². The molecule has 3 rings (SSSR count). The van der Waals surface area contributed by atoms with Gasteiger partial charge in [-0.25, -0.2) is 4.39 Å². The first-order valence-electron chi connectivity index (χ1n) is 9.87. The first-order valence-corrected chi connectivity index (χ1v) is 10.7. The summed E-state index contributed by atoms with van der Waals surface area (Å²) in [5.74, 6) is -1.41. The van der Waals surface area contributed by atoms with Gasteiger partial charge in [0.15, 0.2) is 0 Å². The normalized spacial score (nSPS) is 13.6. The van der Waals surface area contributed by atoms with Gasteiger partial charge in [0.05, 0.1) is 16.8 Å². The van der Waals surface area contributed by atoms with Gasteiger partial charge < -0.3 is 15.5 Å². The zero-order valence-corrected chi connectivity index (χ0v) is 18.0. The minimum atomic E-state index is -0.518. The number of para-hydroxylation sites is 1. The molecular weight excluding hydrogens is 453 g/mol. The third-order valence-electron chi connectivity index (χ3n) is 4.89. The number of likely N-dealkylation sites (tertiary alicyclic amines) is 1. The quantitative estimate of drug-likeness (QED) is 0.663. The van der Waals surface area contributed by atoms with Crippen molar-refractivity contribution in [1.82, 2.24) is 10.2 Å². The fourth-order valence-corrected chi connectivity index (χ4v) is 3.74. The molecule has 0 atom stereocenters. The monoisotopic (exact) mass is 475 g/mol. The predicted molar refractivity (Wildman–Crippen MR) is 116 cm³/mol. The molecule has 1 heterocycles. The van der Waals surface area contributed by atoms with Crippen LogP contribution in [0, 0.1) is 5.82 Å². The molecule has 3 amide bonds. The zero-order chi connectivity index (χ0) is 21.5. The molecule has 0 saturated carbocycles. The second-order valence-corrected chi connectivity index (χ2v) is 7.93. The van der Waals surface area contributed by atoms with Crippen molar-refractivity contribution in [3.8, 4) is 0 Å². The summed E-state index contributed by atoms with van der Waals surface area (Å²) in [4.78, 5) is 39.1. The van der Waals surface area contributed by atoms with Crippen molar-refractivity contribution < 1.29 is 18.8 Å². The van der Waals surface area contributed by atoms with Crippen LogP contribution in [0.3, 0.4) is 0 Å². The number of benzene rings is 2. The third-order valence-corrected chi connectivity index (χ3v) is 5.58. The number of amides is 3. The van der Waals surface area contributed by atoms with Gasteiger partial charge in [0.1, 0.15) is 5.82 Å². The number of carbonyl (C=O) groups is 3. The Kier molecular flexibility index (Phi) is 7.57. The standard InChI is InChI=1S/C22H23BrFN3O3/c23-18-9-8-15(24)14-17(18)21(29)25-11-10-20(28)26-19-7-3-2-6-16(19)22(30)27-12-4-1-5-13-27/h2-3,6-9,14H,1,4-5,10-13H2,(H,25,29)(H,26,28). The lowest BCUT2D eigenvalue weighted by atomic mass is 10.1. The van der Waals surface area contributed by atoms with E-state index in [1.54, 1.807) is 24.3 Å². The molecule has 1 fully saturated rings. The number of anilines is 1. The van der Waals surface area contributed by atoms with Gasteiger partial charge in [-0.1, -0.05) is 12.1 Å². The molecule has 158 valence electrons. The van der Waals surface area contributed by atoms with Crippen molar-refractivity contribution in [3.05, 3.63) is 63.9 Å². The molecule has 2 N–H and O–H groups in total. The fraction of sp³-hybridized carbons (Fsp3) is 0.318. The summed E-state index contributed by atoms with van der Waals surface area (Å²) in [7, 11) is 0. The van der Waals surface area contributed by atoms with Crippen molar-refractivity contribution in [2.75, 3.05) is 25.0 Å². The van der Waals surface area contributed by atoms with Crippen molar-refractivity contribution in [2.45, 2.75) is 25.7 Å². The SMILES string of the molecule is O=C(CCNC(=O)c1cc(F)ccc1Br)Nc1ccccc1C(=O)N1CCCCC1. The molecule has 1 aliphatic heterocycles. The van der Waals surface area contributed by atoms with Crippen molar-refractivity contribution in [1.29, 1.82) is 0 Å². The lowest BCUT2D eigenvalue weighted by Crippen LogP contribution is -2.36. The molecule has 0 aliphatic carbocycles. The molecule has 8 heteroatoms. The summed E-state index contributed by atoms with van der Waals surface area (Å²) in [6, 6.07) is 10.7. The van der Waals surface area contributed by atoms with E-state index < -0.39 is 11.7 Å². The Morgan fingerprint density at radius 1 is 1.00 bits per heavy atom. The van der Waals surface area contributed by atoms with E-state index in [1.165, 1.54) is 12.1 Å². The fourth-order valence-electron chi connectivity index (χ4n) is 3.31. The van der Waals surface area contributed by atoms with E-state index in [-0.39, 0.29) is 30.3 Å². The molecule has 1 aliphatic rings. The topological polar surface area (TPSA) is 78.5 Å². The zero-order valence-electron chi connectivity index (χ0n) is 16.4. The van der Waals surface area contributed by atoms with Gasteiger partial charge in [0, 0.05) is 30.5 Å². The van der Waals surface area contributed by atoms with Crippen LogP contribution in [0.2, 0.25) is 0 Å². The Morgan fingerprint density at radius 2 is 1.73 bits per heavy atom. The summed E-state index contributed by atoms with van der Waals surface area (Å²) in [6.45, 7) is 1.53. The average Bonchev–Trinajstić information content (AvgIpc) is 2.76. The van der Waals surface area contributed by atoms with Crippen LogP contribution in [0.25, 0.3) is 0 Å². The summed E-state index contributed by atoms with van der Waals surface area (Å²) < 4.78 is 13.8. The minimum absolute atomic E-state index is 0.0188. The molecule has 30 heavy (non-hydrogen) atoms. The van der Waals surface area contributed by atoms with E-state index in [9.17, 15) is 18.8 Å². The molecule has 2 aromatic carbocycles. The lowest BCUT2D eigenvalue weighted by Gasteiger charge is -2.27. The maximum atomic E-state index is 13.3. The largest absolute Gasteiger partial charge is 0.351 e. The van der Waals surface area contributed by atoms with Crippen LogP contribution in [-0.4, -0.2) is 42.3 Å². The summed E-state index contributed by atoms with van der Waals surface area (Å²) in [6.07, 6.45) is 3.12. The van der Waals surface area contributed by atoms with Gasteiger partial charge in [-0.3, -0.25) is 14.4 Å². The van der Waals surface area contributed by atoms with E-state index in [2.05, 4.69) is 26.6 Å². The Labute approximate surface area is 183 Å². The van der Waals surface area contributed by atoms with Gasteiger partial charge in [-0.2, -0.15) is 0 Å². The summed E-state index contributed by atoms with van der Waals surface area (Å²) in [5.41, 5.74) is 1.07. The van der Waals surface area contributed by atoms with Gasteiger partial charge >= 0.3 is 0 Å². The Hall–Kier alpha value is -2.74. The smallest absolute Gasteiger partial charge is 0.255 e. The number of rotatable bonds is 6. The molecule has 0 radical (unpaired) electrons. The molecular formula is C22H23BrFN3O3. The van der Waals surface area contributed by atoms with Crippen LogP contribution in [0.1, 0.15) is 46.4 Å². The highest BCUT2D eigenvalue weighted by atomic mass is 79.9. The van der Waals surface area contributed by atoms with Crippen LogP contribution >= 0.6 is 15.9 Å². The minimum Gasteiger partial charge on any atom is -0.351 e. The number of halogens is 2. The number of hydrogen-bond acceptors (Lipinski definition) is 3. The first kappa shape index (κ1) is 22.0. The van der Waals surface area contributed by atoms with Gasteiger partial charge in [0.2, 0.25) is 5.91 Å². The van der Waals surface area contributed by atoms with Crippen LogP contribution in [0.15, 0.2) is 46.9 Å². The van der Waals surface area contributed by atoms with E-state index in [1.807, 2.05) is 4.90 Å². The number of nitrogens with zero attached hydrogens (tertiary/aromatic N) is 1. The molecule has 1 saturated heterocycles. The molecule has 0 spiro atoms. The van der Waals surface area contributed by atoms with Crippen molar-refractivity contribution in [3.63, 3.8) is 0 Å².